The summed E-state index contributed by atoms with van der Waals surface area (Å²) in [5, 5.41) is 11.3. The molecule has 0 fully saturated rings. The number of nitrogens with one attached hydrogen (secondary N) is 4. The fourth-order valence-corrected chi connectivity index (χ4v) is 5.53. The first-order valence-electron chi connectivity index (χ1n) is 13.9. The maximum atomic E-state index is 14.7. The van der Waals surface area contributed by atoms with Gasteiger partial charge in [-0.05, 0) is 65.9 Å². The average molecular weight is 612 g/mol. The van der Waals surface area contributed by atoms with Gasteiger partial charge in [0.1, 0.15) is 11.5 Å². The minimum Gasteiger partial charge on any atom is -0.760 e. The Labute approximate surface area is 254 Å². The molecule has 11 nitrogen and oxygen atoms in total. The molecule has 2 atom stereocenters. The molecule has 13 heteroatoms. The minimum atomic E-state index is -2.50. The van der Waals surface area contributed by atoms with Crippen LogP contribution in [0.2, 0.25) is 0 Å². The van der Waals surface area contributed by atoms with Crippen molar-refractivity contribution in [2.24, 2.45) is 5.92 Å². The van der Waals surface area contributed by atoms with Crippen LogP contribution in [-0.4, -0.2) is 44.8 Å². The predicted octanol–water partition coefficient (Wildman–Crippen LogP) is 5.80. The number of imidazole rings is 1. The Morgan fingerprint density at radius 1 is 0.977 bits per heavy atom. The van der Waals surface area contributed by atoms with Crippen molar-refractivity contribution >= 4 is 44.8 Å². The topological polar surface area (TPSA) is 164 Å². The molecule has 6 rings (SSSR count). The van der Waals surface area contributed by atoms with Crippen LogP contribution in [0, 0.1) is 11.7 Å². The Balaban J connectivity index is 1.37. The van der Waals surface area contributed by atoms with E-state index in [0.717, 1.165) is 22.0 Å². The monoisotopic (exact) mass is 611 g/mol. The molecule has 1 amide bonds. The molecule has 0 spiro atoms. The average Bonchev–Trinajstić information content (AvgIpc) is 3.60. The summed E-state index contributed by atoms with van der Waals surface area (Å²) in [5.74, 6) is 0.149. The third-order valence-electron chi connectivity index (χ3n) is 7.13. The van der Waals surface area contributed by atoms with E-state index in [9.17, 15) is 17.9 Å². The van der Waals surface area contributed by atoms with Crippen molar-refractivity contribution in [2.75, 3.05) is 5.32 Å². The lowest BCUT2D eigenvalue weighted by molar-refractivity contribution is -0.116. The highest BCUT2D eigenvalue weighted by atomic mass is 32.2. The fraction of sp³-hybridized carbons (Fsp3) is 0.194. The second-order valence-corrected chi connectivity index (χ2v) is 11.7. The highest BCUT2D eigenvalue weighted by Gasteiger charge is 2.18. The first-order chi connectivity index (χ1) is 21.1. The molecule has 0 bridgehead atoms. The van der Waals surface area contributed by atoms with E-state index in [4.69, 9.17) is 4.98 Å². The fourth-order valence-electron chi connectivity index (χ4n) is 5.11. The number of carbonyl (C=O) groups excluding carboxylic acids is 1. The van der Waals surface area contributed by atoms with E-state index in [1.807, 2.05) is 38.1 Å². The number of fused-ring (bicyclic) bond motifs is 2. The summed E-state index contributed by atoms with van der Waals surface area (Å²) in [6.07, 6.45) is 6.99. The van der Waals surface area contributed by atoms with Crippen LogP contribution in [0.15, 0.2) is 67.3 Å². The van der Waals surface area contributed by atoms with Gasteiger partial charge in [-0.3, -0.25) is 24.1 Å². The van der Waals surface area contributed by atoms with E-state index in [1.54, 1.807) is 37.8 Å². The van der Waals surface area contributed by atoms with Crippen LogP contribution in [0.25, 0.3) is 55.7 Å². The van der Waals surface area contributed by atoms with Gasteiger partial charge >= 0.3 is 0 Å². The number of nitrogens with zero attached hydrogens (tertiary/aromatic N) is 4. The van der Waals surface area contributed by atoms with Gasteiger partial charge in [0.15, 0.2) is 5.82 Å². The highest BCUT2D eigenvalue weighted by Crippen LogP contribution is 2.34. The van der Waals surface area contributed by atoms with Gasteiger partial charge in [0, 0.05) is 52.6 Å². The van der Waals surface area contributed by atoms with E-state index in [2.05, 4.69) is 35.2 Å². The maximum Gasteiger partial charge on any atom is 0.224 e. The number of halogens is 1. The van der Waals surface area contributed by atoms with Crippen molar-refractivity contribution in [3.8, 4) is 33.8 Å². The number of anilines is 1. The van der Waals surface area contributed by atoms with Crippen molar-refractivity contribution in [2.45, 2.75) is 33.2 Å². The summed E-state index contributed by atoms with van der Waals surface area (Å²) in [5.41, 5.74) is 6.40. The Kier molecular flexibility index (Phi) is 7.99. The zero-order valence-electron chi connectivity index (χ0n) is 24.0. The van der Waals surface area contributed by atoms with Gasteiger partial charge in [0.25, 0.3) is 0 Å². The number of aromatic amines is 2. The molecule has 6 aromatic rings. The van der Waals surface area contributed by atoms with Crippen molar-refractivity contribution in [1.82, 2.24) is 34.9 Å². The summed E-state index contributed by atoms with van der Waals surface area (Å²) in [6.45, 7) is 5.61. The first-order valence-corrected chi connectivity index (χ1v) is 15.0. The molecule has 0 saturated heterocycles. The van der Waals surface area contributed by atoms with Crippen molar-refractivity contribution in [1.29, 1.82) is 0 Å². The van der Waals surface area contributed by atoms with Crippen molar-refractivity contribution in [3.05, 3.63) is 78.6 Å². The Hall–Kier alpha value is -4.85. The third kappa shape index (κ3) is 6.11. The largest absolute Gasteiger partial charge is 0.760 e. The van der Waals surface area contributed by atoms with Crippen LogP contribution in [0.3, 0.4) is 0 Å². The molecule has 0 radical (unpaired) electrons. The second-order valence-electron chi connectivity index (χ2n) is 11.0. The van der Waals surface area contributed by atoms with Crippen LogP contribution in [0.1, 0.15) is 38.8 Å². The van der Waals surface area contributed by atoms with E-state index in [0.29, 0.717) is 51.4 Å². The molecule has 0 aliphatic rings. The highest BCUT2D eigenvalue weighted by molar-refractivity contribution is 7.77. The van der Waals surface area contributed by atoms with Crippen LogP contribution >= 0.6 is 0 Å². The van der Waals surface area contributed by atoms with Crippen molar-refractivity contribution < 1.29 is 17.9 Å². The lowest BCUT2D eigenvalue weighted by Crippen LogP contribution is -2.20. The van der Waals surface area contributed by atoms with Gasteiger partial charge in [0.05, 0.1) is 34.6 Å². The zero-order valence-corrected chi connectivity index (χ0v) is 24.8. The molecule has 0 aliphatic carbocycles. The predicted molar refractivity (Wildman–Crippen MR) is 166 cm³/mol. The van der Waals surface area contributed by atoms with Crippen LogP contribution < -0.4 is 10.0 Å². The summed E-state index contributed by atoms with van der Waals surface area (Å²) >= 11 is -2.50. The molecule has 4 aromatic heterocycles. The van der Waals surface area contributed by atoms with Crippen LogP contribution in [-0.2, 0) is 16.1 Å². The number of benzene rings is 2. The molecule has 224 valence electrons. The van der Waals surface area contributed by atoms with Gasteiger partial charge in [-0.1, -0.05) is 19.9 Å². The lowest BCUT2D eigenvalue weighted by atomic mass is 10.0. The van der Waals surface area contributed by atoms with Gasteiger partial charge in [-0.2, -0.15) is 5.10 Å². The molecule has 0 aliphatic heterocycles. The van der Waals surface area contributed by atoms with E-state index < -0.39 is 23.1 Å². The summed E-state index contributed by atoms with van der Waals surface area (Å²) < 4.78 is 39.3. The number of hydrogen-bond acceptors (Lipinski definition) is 7. The number of aromatic nitrogens is 6. The molecule has 44 heavy (non-hydrogen) atoms. The van der Waals surface area contributed by atoms with Gasteiger partial charge in [-0.15, -0.1) is 0 Å². The quantitative estimate of drug-likeness (QED) is 0.150. The molecule has 2 unspecified atom stereocenters. The zero-order chi connectivity index (χ0) is 31.0. The number of hydrogen-bond donors (Lipinski definition) is 4. The minimum absolute atomic E-state index is 0.0650. The standard InChI is InChI=1S/C31H29FN8O3S/c1-16(2)6-28(41)35-23-10-21(12-33-13-23)18-4-5-26-24(11-18)30(39-38-26)31-36-27-15-34-14-25(29(27)37-31)20-7-19(8-22(32)9-20)17(3)40-44(42)43/h4-5,7-17,40H,6H2,1-3H3,(H,35,41)(H,36,37)(H,38,39)(H,42,43)/p-1. The van der Waals surface area contributed by atoms with E-state index in [-0.39, 0.29) is 11.8 Å². The SMILES string of the molecule is CC(C)CC(=O)Nc1cncc(-c2ccc3[nH]nc(-c4nc5c(-c6cc(F)cc(C(C)NS(=O)[O-])c6)cncc5[nH]4)c3c2)c1. The smallest absolute Gasteiger partial charge is 0.224 e. The second kappa shape index (κ2) is 12.0. The number of carbonyl (C=O) groups is 1. The first kappa shape index (κ1) is 29.2. The number of H-pyrrole nitrogens is 2. The Morgan fingerprint density at radius 2 is 1.80 bits per heavy atom. The number of pyridine rings is 2. The Morgan fingerprint density at radius 3 is 2.59 bits per heavy atom. The molecule has 4 N–H and O–H groups in total. The molecule has 0 saturated carbocycles. The van der Waals surface area contributed by atoms with E-state index >= 15 is 0 Å². The lowest BCUT2D eigenvalue weighted by Gasteiger charge is -2.17. The number of rotatable bonds is 9. The molecular weight excluding hydrogens is 583 g/mol. The summed E-state index contributed by atoms with van der Waals surface area (Å²) in [4.78, 5) is 29.0. The van der Waals surface area contributed by atoms with Crippen molar-refractivity contribution in [3.63, 3.8) is 0 Å². The number of amides is 1. The van der Waals surface area contributed by atoms with Gasteiger partial charge in [0.2, 0.25) is 5.91 Å². The summed E-state index contributed by atoms with van der Waals surface area (Å²) in [7, 11) is 0. The van der Waals surface area contributed by atoms with Gasteiger partial charge < -0.3 is 14.9 Å². The molecule has 4 heterocycles. The maximum absolute atomic E-state index is 14.7. The summed E-state index contributed by atoms with van der Waals surface area (Å²) in [6, 6.07) is 11.4. The third-order valence-corrected chi connectivity index (χ3v) is 7.68. The van der Waals surface area contributed by atoms with Gasteiger partial charge in [-0.25, -0.2) is 14.1 Å². The van der Waals surface area contributed by atoms with Crippen LogP contribution in [0.4, 0.5) is 10.1 Å². The molecule has 2 aromatic carbocycles. The van der Waals surface area contributed by atoms with E-state index in [1.165, 1.54) is 12.1 Å². The Bertz CT molecular complexity index is 2040. The normalized spacial score (nSPS) is 13.0. The molecular formula is C31H28FN8O3S-. The van der Waals surface area contributed by atoms with Crippen LogP contribution in [0.5, 0.6) is 0 Å².